The molecule has 1 fully saturated rings. The lowest BCUT2D eigenvalue weighted by molar-refractivity contribution is 0.553. The number of aryl methyl sites for hydroxylation is 2. The number of hydrogen-bond donors (Lipinski definition) is 1. The van der Waals surface area contributed by atoms with Crippen LogP contribution in [0.3, 0.4) is 0 Å². The molecule has 1 aromatic rings. The molecule has 0 aliphatic heterocycles. The van der Waals surface area contributed by atoms with Crippen molar-refractivity contribution in [2.75, 3.05) is 12.8 Å². The molecule has 0 aromatic carbocycles. The van der Waals surface area contributed by atoms with Crippen molar-refractivity contribution in [2.24, 2.45) is 5.92 Å². The lowest BCUT2D eigenvalue weighted by Gasteiger charge is -2.14. The van der Waals surface area contributed by atoms with Gasteiger partial charge in [-0.1, -0.05) is 11.8 Å². The lowest BCUT2D eigenvalue weighted by Crippen LogP contribution is -2.29. The molecule has 1 heterocycles. The predicted octanol–water partition coefficient (Wildman–Crippen LogP) is 2.18. The Balaban J connectivity index is 1.92. The molecule has 0 saturated heterocycles. The molecule has 1 atom stereocenters. The van der Waals surface area contributed by atoms with Gasteiger partial charge in [0.05, 0.1) is 0 Å². The van der Waals surface area contributed by atoms with E-state index in [9.17, 15) is 0 Å². The number of nitrogens with one attached hydrogen (secondary N) is 1. The molecular weight excluding hydrogens is 218 g/mol. The Hall–Kier alpha value is -0.610. The van der Waals surface area contributed by atoms with Crippen molar-refractivity contribution >= 4 is 11.8 Å². The Morgan fingerprint density at radius 1 is 1.38 bits per heavy atom. The Bertz CT molecular complexity index is 343. The first kappa shape index (κ1) is 11.9. The van der Waals surface area contributed by atoms with Crippen LogP contribution in [0.1, 0.15) is 24.2 Å². The summed E-state index contributed by atoms with van der Waals surface area (Å²) >= 11 is 1.77. The van der Waals surface area contributed by atoms with Crippen molar-refractivity contribution in [3.8, 4) is 0 Å². The van der Waals surface area contributed by atoms with Gasteiger partial charge < -0.3 is 5.32 Å². The van der Waals surface area contributed by atoms with E-state index in [1.54, 1.807) is 11.8 Å². The Kier molecular flexibility index (Phi) is 3.82. The lowest BCUT2D eigenvalue weighted by atomic mass is 10.2. The second kappa shape index (κ2) is 5.15. The molecule has 88 valence electrons. The SMILES string of the molecule is CNC(CSc1nc(C)cc(C)n1)C1CC1. The first-order chi connectivity index (χ1) is 7.69. The van der Waals surface area contributed by atoms with Gasteiger partial charge in [0.25, 0.3) is 0 Å². The average molecular weight is 237 g/mol. The molecule has 0 radical (unpaired) electrons. The first-order valence-corrected chi connectivity index (χ1v) is 6.80. The second-order valence-electron chi connectivity index (χ2n) is 4.48. The van der Waals surface area contributed by atoms with Gasteiger partial charge in [0.2, 0.25) is 0 Å². The van der Waals surface area contributed by atoms with Crippen molar-refractivity contribution in [1.82, 2.24) is 15.3 Å². The van der Waals surface area contributed by atoms with E-state index in [1.165, 1.54) is 12.8 Å². The van der Waals surface area contributed by atoms with Crippen LogP contribution in [0, 0.1) is 19.8 Å². The molecule has 0 bridgehead atoms. The van der Waals surface area contributed by atoms with Crippen molar-refractivity contribution in [2.45, 2.75) is 37.9 Å². The minimum atomic E-state index is 0.620. The van der Waals surface area contributed by atoms with Crippen molar-refractivity contribution < 1.29 is 0 Å². The van der Waals surface area contributed by atoms with Gasteiger partial charge in [-0.15, -0.1) is 0 Å². The molecule has 0 amide bonds. The van der Waals surface area contributed by atoms with Crippen molar-refractivity contribution in [3.05, 3.63) is 17.5 Å². The fraction of sp³-hybridized carbons (Fsp3) is 0.667. The van der Waals surface area contributed by atoms with E-state index < -0.39 is 0 Å². The summed E-state index contributed by atoms with van der Waals surface area (Å²) in [7, 11) is 2.05. The van der Waals surface area contributed by atoms with Crippen LogP contribution in [-0.4, -0.2) is 28.8 Å². The van der Waals surface area contributed by atoms with Crippen LogP contribution >= 0.6 is 11.8 Å². The quantitative estimate of drug-likeness (QED) is 0.629. The summed E-state index contributed by atoms with van der Waals surface area (Å²) in [6.07, 6.45) is 2.75. The molecule has 1 aliphatic carbocycles. The monoisotopic (exact) mass is 237 g/mol. The summed E-state index contributed by atoms with van der Waals surface area (Å²) < 4.78 is 0. The van der Waals surface area contributed by atoms with Crippen LogP contribution < -0.4 is 5.32 Å². The molecule has 1 saturated carbocycles. The molecule has 3 nitrogen and oxygen atoms in total. The zero-order valence-electron chi connectivity index (χ0n) is 10.2. The van der Waals surface area contributed by atoms with E-state index in [2.05, 4.69) is 15.3 Å². The van der Waals surface area contributed by atoms with Crippen LogP contribution in [0.5, 0.6) is 0 Å². The topological polar surface area (TPSA) is 37.8 Å². The number of hydrogen-bond acceptors (Lipinski definition) is 4. The summed E-state index contributed by atoms with van der Waals surface area (Å²) in [5, 5.41) is 4.30. The Labute approximate surface area is 101 Å². The summed E-state index contributed by atoms with van der Waals surface area (Å²) in [6, 6.07) is 2.63. The highest BCUT2D eigenvalue weighted by Gasteiger charge is 2.30. The molecule has 2 rings (SSSR count). The largest absolute Gasteiger partial charge is 0.316 e. The third-order valence-corrected chi connectivity index (χ3v) is 3.88. The molecule has 1 aromatic heterocycles. The summed E-state index contributed by atoms with van der Waals surface area (Å²) in [4.78, 5) is 8.89. The zero-order valence-corrected chi connectivity index (χ0v) is 11.0. The highest BCUT2D eigenvalue weighted by Crippen LogP contribution is 2.34. The molecule has 1 N–H and O–H groups in total. The van der Waals surface area contributed by atoms with Crippen molar-refractivity contribution in [1.29, 1.82) is 0 Å². The average Bonchev–Trinajstić information content (AvgIpc) is 3.01. The second-order valence-corrected chi connectivity index (χ2v) is 5.46. The van der Waals surface area contributed by atoms with Crippen LogP contribution in [-0.2, 0) is 0 Å². The van der Waals surface area contributed by atoms with Gasteiger partial charge in [-0.3, -0.25) is 0 Å². The van der Waals surface area contributed by atoms with E-state index in [4.69, 9.17) is 0 Å². The van der Waals surface area contributed by atoms with Crippen LogP contribution in [0.2, 0.25) is 0 Å². The van der Waals surface area contributed by atoms with Gasteiger partial charge in [-0.2, -0.15) is 0 Å². The summed E-state index contributed by atoms with van der Waals surface area (Å²) in [5.74, 6) is 1.95. The standard InChI is InChI=1S/C12H19N3S/c1-8-6-9(2)15-12(14-8)16-7-11(13-3)10-4-5-10/h6,10-11,13H,4-5,7H2,1-3H3. The van der Waals surface area contributed by atoms with Gasteiger partial charge in [0, 0.05) is 23.2 Å². The fourth-order valence-corrected chi connectivity index (χ4v) is 3.06. The highest BCUT2D eigenvalue weighted by molar-refractivity contribution is 7.99. The summed E-state index contributed by atoms with van der Waals surface area (Å²) in [5.41, 5.74) is 2.12. The molecule has 1 aliphatic rings. The van der Waals surface area contributed by atoms with E-state index >= 15 is 0 Å². The molecule has 4 heteroatoms. The Morgan fingerprint density at radius 3 is 2.50 bits per heavy atom. The minimum absolute atomic E-state index is 0.620. The first-order valence-electron chi connectivity index (χ1n) is 5.81. The number of aromatic nitrogens is 2. The van der Waals surface area contributed by atoms with E-state index in [1.807, 2.05) is 27.0 Å². The maximum atomic E-state index is 4.44. The molecular formula is C12H19N3S. The number of rotatable bonds is 5. The zero-order chi connectivity index (χ0) is 11.5. The summed E-state index contributed by atoms with van der Waals surface area (Å²) in [6.45, 7) is 4.05. The van der Waals surface area contributed by atoms with E-state index in [0.717, 1.165) is 28.2 Å². The third-order valence-electron chi connectivity index (χ3n) is 2.92. The normalized spacial score (nSPS) is 17.4. The van der Waals surface area contributed by atoms with Crippen LogP contribution in [0.4, 0.5) is 0 Å². The van der Waals surface area contributed by atoms with Gasteiger partial charge >= 0.3 is 0 Å². The molecule has 0 spiro atoms. The maximum absolute atomic E-state index is 4.44. The fourth-order valence-electron chi connectivity index (χ4n) is 1.88. The van der Waals surface area contributed by atoms with Gasteiger partial charge in [0.15, 0.2) is 5.16 Å². The molecule has 16 heavy (non-hydrogen) atoms. The van der Waals surface area contributed by atoms with Gasteiger partial charge in [0.1, 0.15) is 0 Å². The minimum Gasteiger partial charge on any atom is -0.316 e. The van der Waals surface area contributed by atoms with E-state index in [0.29, 0.717) is 6.04 Å². The number of thioether (sulfide) groups is 1. The van der Waals surface area contributed by atoms with Crippen LogP contribution in [0.15, 0.2) is 11.2 Å². The van der Waals surface area contributed by atoms with Crippen LogP contribution in [0.25, 0.3) is 0 Å². The van der Waals surface area contributed by atoms with Gasteiger partial charge in [-0.25, -0.2) is 9.97 Å². The van der Waals surface area contributed by atoms with E-state index in [-0.39, 0.29) is 0 Å². The maximum Gasteiger partial charge on any atom is 0.188 e. The smallest absolute Gasteiger partial charge is 0.188 e. The Morgan fingerprint density at radius 2 is 2.00 bits per heavy atom. The molecule has 1 unspecified atom stereocenters. The van der Waals surface area contributed by atoms with Gasteiger partial charge in [-0.05, 0) is 45.7 Å². The number of nitrogens with zero attached hydrogens (tertiary/aromatic N) is 2. The third kappa shape index (κ3) is 3.19. The van der Waals surface area contributed by atoms with Crippen molar-refractivity contribution in [3.63, 3.8) is 0 Å². The predicted molar refractivity (Wildman–Crippen MR) is 67.8 cm³/mol. The highest BCUT2D eigenvalue weighted by atomic mass is 32.2.